The lowest BCUT2D eigenvalue weighted by Crippen LogP contribution is -2.32. The van der Waals surface area contributed by atoms with Crippen LogP contribution in [0.1, 0.15) is 18.5 Å². The Balaban J connectivity index is 3.20. The number of carboxylic acid groups (broad SMARTS) is 1. The number of methoxy groups -OCH3 is 1. The van der Waals surface area contributed by atoms with Crippen LogP contribution in [0.25, 0.3) is 0 Å². The molecule has 1 aromatic carbocycles. The Hall–Kier alpha value is -2.11. The molecule has 1 amide bonds. The number of benzene rings is 1. The summed E-state index contributed by atoms with van der Waals surface area (Å²) in [6.45, 7) is 1.18. The van der Waals surface area contributed by atoms with E-state index in [4.69, 9.17) is 9.84 Å². The standard InChI is InChI=1S/C11H12FNO4/c1-6(14)13-10(11(15)16)8-5-7(12)3-4-9(8)17-2/h3-5,10H,1-2H3,(H,13,14)(H,15,16). The number of carbonyl (C=O) groups excluding carboxylic acids is 1. The number of carbonyl (C=O) groups is 2. The molecular weight excluding hydrogens is 229 g/mol. The Bertz CT molecular complexity index is 447. The summed E-state index contributed by atoms with van der Waals surface area (Å²) in [5, 5.41) is 11.2. The van der Waals surface area contributed by atoms with Crippen molar-refractivity contribution in [2.75, 3.05) is 7.11 Å². The summed E-state index contributed by atoms with van der Waals surface area (Å²) in [5.74, 6) is -2.21. The van der Waals surface area contributed by atoms with E-state index in [2.05, 4.69) is 5.32 Å². The predicted molar refractivity (Wildman–Crippen MR) is 57.1 cm³/mol. The van der Waals surface area contributed by atoms with Crippen LogP contribution in [0, 0.1) is 5.82 Å². The van der Waals surface area contributed by atoms with Gasteiger partial charge in [0.1, 0.15) is 11.6 Å². The molecule has 0 aromatic heterocycles. The van der Waals surface area contributed by atoms with Gasteiger partial charge in [-0.3, -0.25) is 4.79 Å². The van der Waals surface area contributed by atoms with E-state index in [1.807, 2.05) is 0 Å². The maximum Gasteiger partial charge on any atom is 0.331 e. The summed E-state index contributed by atoms with van der Waals surface area (Å²) in [7, 11) is 1.34. The molecule has 1 aromatic rings. The minimum atomic E-state index is -1.34. The Morgan fingerprint density at radius 1 is 1.47 bits per heavy atom. The van der Waals surface area contributed by atoms with Crippen LogP contribution in [0.15, 0.2) is 18.2 Å². The van der Waals surface area contributed by atoms with Crippen molar-refractivity contribution >= 4 is 11.9 Å². The van der Waals surface area contributed by atoms with Gasteiger partial charge < -0.3 is 15.2 Å². The highest BCUT2D eigenvalue weighted by atomic mass is 19.1. The van der Waals surface area contributed by atoms with E-state index in [0.717, 1.165) is 12.1 Å². The normalized spacial score (nSPS) is 11.7. The summed E-state index contributed by atoms with van der Waals surface area (Å²) in [5.41, 5.74) is 0.0650. The molecule has 0 saturated heterocycles. The molecule has 92 valence electrons. The van der Waals surface area contributed by atoms with Crippen molar-refractivity contribution in [3.05, 3.63) is 29.6 Å². The fraction of sp³-hybridized carbons (Fsp3) is 0.273. The first-order valence-corrected chi connectivity index (χ1v) is 4.79. The van der Waals surface area contributed by atoms with Crippen molar-refractivity contribution in [3.63, 3.8) is 0 Å². The smallest absolute Gasteiger partial charge is 0.331 e. The first-order valence-electron chi connectivity index (χ1n) is 4.79. The zero-order chi connectivity index (χ0) is 13.0. The molecule has 0 aliphatic rings. The van der Waals surface area contributed by atoms with Gasteiger partial charge in [-0.25, -0.2) is 9.18 Å². The monoisotopic (exact) mass is 241 g/mol. The van der Waals surface area contributed by atoms with Crippen LogP contribution < -0.4 is 10.1 Å². The van der Waals surface area contributed by atoms with Gasteiger partial charge in [0.15, 0.2) is 6.04 Å². The fourth-order valence-electron chi connectivity index (χ4n) is 1.41. The van der Waals surface area contributed by atoms with E-state index in [9.17, 15) is 14.0 Å². The summed E-state index contributed by atoms with van der Waals surface area (Å²) in [6.07, 6.45) is 0. The first-order chi connectivity index (χ1) is 7.95. The summed E-state index contributed by atoms with van der Waals surface area (Å²) >= 11 is 0. The Kier molecular flexibility index (Phi) is 4.03. The molecule has 0 fully saturated rings. The van der Waals surface area contributed by atoms with E-state index in [1.54, 1.807) is 0 Å². The van der Waals surface area contributed by atoms with E-state index in [-0.39, 0.29) is 11.3 Å². The molecule has 1 rings (SSSR count). The fourth-order valence-corrected chi connectivity index (χ4v) is 1.41. The quantitative estimate of drug-likeness (QED) is 0.827. The lowest BCUT2D eigenvalue weighted by molar-refractivity contribution is -0.141. The maximum absolute atomic E-state index is 13.1. The number of aliphatic carboxylic acids is 1. The molecule has 0 bridgehead atoms. The number of amides is 1. The molecule has 0 saturated carbocycles. The highest BCUT2D eigenvalue weighted by Gasteiger charge is 2.24. The Labute approximate surface area is 97.2 Å². The third-order valence-corrected chi connectivity index (χ3v) is 2.10. The molecule has 0 aliphatic heterocycles. The summed E-state index contributed by atoms with van der Waals surface area (Å²) in [6, 6.07) is 2.14. The van der Waals surface area contributed by atoms with Crippen molar-refractivity contribution in [2.24, 2.45) is 0 Å². The van der Waals surface area contributed by atoms with Crippen LogP contribution in [0.3, 0.4) is 0 Å². The summed E-state index contributed by atoms with van der Waals surface area (Å²) < 4.78 is 18.0. The van der Waals surface area contributed by atoms with E-state index >= 15 is 0 Å². The van der Waals surface area contributed by atoms with Crippen LogP contribution in [0.5, 0.6) is 5.75 Å². The van der Waals surface area contributed by atoms with Gasteiger partial charge in [0.05, 0.1) is 7.11 Å². The molecule has 1 unspecified atom stereocenters. The highest BCUT2D eigenvalue weighted by molar-refractivity contribution is 5.83. The van der Waals surface area contributed by atoms with Gasteiger partial charge in [0.25, 0.3) is 0 Å². The first kappa shape index (κ1) is 13.0. The average molecular weight is 241 g/mol. The molecule has 0 spiro atoms. The second kappa shape index (κ2) is 5.29. The van der Waals surface area contributed by atoms with Gasteiger partial charge in [0.2, 0.25) is 5.91 Å². The largest absolute Gasteiger partial charge is 0.496 e. The zero-order valence-corrected chi connectivity index (χ0v) is 9.36. The number of carboxylic acids is 1. The maximum atomic E-state index is 13.1. The molecule has 0 radical (unpaired) electrons. The van der Waals surface area contributed by atoms with Crippen molar-refractivity contribution in [1.29, 1.82) is 0 Å². The second-order valence-electron chi connectivity index (χ2n) is 3.36. The van der Waals surface area contributed by atoms with Gasteiger partial charge in [0, 0.05) is 12.5 Å². The average Bonchev–Trinajstić information content (AvgIpc) is 2.25. The SMILES string of the molecule is COc1ccc(F)cc1C(NC(C)=O)C(=O)O. The topological polar surface area (TPSA) is 75.6 Å². The molecule has 2 N–H and O–H groups in total. The third kappa shape index (κ3) is 3.17. The second-order valence-corrected chi connectivity index (χ2v) is 3.36. The number of nitrogens with one attached hydrogen (secondary N) is 1. The van der Waals surface area contributed by atoms with Crippen molar-refractivity contribution in [2.45, 2.75) is 13.0 Å². The Morgan fingerprint density at radius 2 is 2.12 bits per heavy atom. The summed E-state index contributed by atoms with van der Waals surface area (Å²) in [4.78, 5) is 21.9. The molecule has 0 heterocycles. The van der Waals surface area contributed by atoms with Gasteiger partial charge in [-0.1, -0.05) is 0 Å². The van der Waals surface area contributed by atoms with E-state index in [0.29, 0.717) is 0 Å². The highest BCUT2D eigenvalue weighted by Crippen LogP contribution is 2.26. The van der Waals surface area contributed by atoms with E-state index in [1.165, 1.54) is 20.1 Å². The number of halogens is 1. The molecule has 5 nitrogen and oxygen atoms in total. The predicted octanol–water partition coefficient (Wildman–Crippen LogP) is 1.10. The van der Waals surface area contributed by atoms with Gasteiger partial charge >= 0.3 is 5.97 Å². The zero-order valence-electron chi connectivity index (χ0n) is 9.36. The molecule has 6 heteroatoms. The van der Waals surface area contributed by atoms with Crippen LogP contribution in [0.2, 0.25) is 0 Å². The third-order valence-electron chi connectivity index (χ3n) is 2.10. The van der Waals surface area contributed by atoms with E-state index < -0.39 is 23.7 Å². The number of hydrogen-bond donors (Lipinski definition) is 2. The number of hydrogen-bond acceptors (Lipinski definition) is 3. The van der Waals surface area contributed by atoms with Gasteiger partial charge in [-0.05, 0) is 18.2 Å². The van der Waals surface area contributed by atoms with Crippen LogP contribution in [-0.2, 0) is 9.59 Å². The molecular formula is C11H12FNO4. The van der Waals surface area contributed by atoms with Gasteiger partial charge in [-0.15, -0.1) is 0 Å². The lowest BCUT2D eigenvalue weighted by atomic mass is 10.1. The van der Waals surface area contributed by atoms with Crippen LogP contribution in [0.4, 0.5) is 4.39 Å². The number of rotatable bonds is 4. The van der Waals surface area contributed by atoms with Crippen molar-refractivity contribution < 1.29 is 23.8 Å². The molecule has 0 aliphatic carbocycles. The van der Waals surface area contributed by atoms with Gasteiger partial charge in [-0.2, -0.15) is 0 Å². The molecule has 1 atom stereocenters. The van der Waals surface area contributed by atoms with Crippen LogP contribution in [-0.4, -0.2) is 24.1 Å². The van der Waals surface area contributed by atoms with Crippen molar-refractivity contribution in [3.8, 4) is 5.75 Å². The lowest BCUT2D eigenvalue weighted by Gasteiger charge is -2.16. The Morgan fingerprint density at radius 3 is 2.59 bits per heavy atom. The number of ether oxygens (including phenoxy) is 1. The molecule has 17 heavy (non-hydrogen) atoms. The van der Waals surface area contributed by atoms with Crippen molar-refractivity contribution in [1.82, 2.24) is 5.32 Å². The van der Waals surface area contributed by atoms with Crippen LogP contribution >= 0.6 is 0 Å². The minimum Gasteiger partial charge on any atom is -0.496 e. The minimum absolute atomic E-state index is 0.0650.